The first-order valence-corrected chi connectivity index (χ1v) is 12.5. The SMILES string of the molecule is Cc1ccc2nc(C(C)NC(=O)c3cn(CC(C)C)cc(C(=O)N4CCCCCC4)c3=O)[nH]c2c1. The maximum Gasteiger partial charge on any atom is 0.259 e. The normalized spacial score (nSPS) is 15.3. The van der Waals surface area contributed by atoms with E-state index in [0.717, 1.165) is 42.3 Å². The molecule has 0 saturated carbocycles. The Hall–Kier alpha value is -3.42. The van der Waals surface area contributed by atoms with Crippen LogP contribution in [0, 0.1) is 12.8 Å². The number of nitrogens with one attached hydrogen (secondary N) is 2. The lowest BCUT2D eigenvalue weighted by Gasteiger charge is -2.21. The van der Waals surface area contributed by atoms with Gasteiger partial charge in [-0.05, 0) is 50.3 Å². The van der Waals surface area contributed by atoms with Crippen LogP contribution in [0.3, 0.4) is 0 Å². The van der Waals surface area contributed by atoms with Crippen LogP contribution >= 0.6 is 0 Å². The van der Waals surface area contributed by atoms with Gasteiger partial charge in [-0.15, -0.1) is 0 Å². The molecule has 1 unspecified atom stereocenters. The molecule has 8 heteroatoms. The van der Waals surface area contributed by atoms with E-state index in [9.17, 15) is 14.4 Å². The monoisotopic (exact) mass is 477 g/mol. The van der Waals surface area contributed by atoms with Crippen LogP contribution in [0.15, 0.2) is 35.4 Å². The second-order valence-corrected chi connectivity index (χ2v) is 10.0. The zero-order valence-corrected chi connectivity index (χ0v) is 21.1. The van der Waals surface area contributed by atoms with Crippen molar-refractivity contribution >= 4 is 22.8 Å². The second-order valence-electron chi connectivity index (χ2n) is 10.0. The summed E-state index contributed by atoms with van der Waals surface area (Å²) in [7, 11) is 0. The summed E-state index contributed by atoms with van der Waals surface area (Å²) >= 11 is 0. The number of aryl methyl sites for hydroxylation is 1. The Morgan fingerprint density at radius 3 is 2.43 bits per heavy atom. The topological polar surface area (TPSA) is 100 Å². The zero-order chi connectivity index (χ0) is 25.1. The van der Waals surface area contributed by atoms with E-state index in [1.807, 2.05) is 32.0 Å². The minimum absolute atomic E-state index is 0.0230. The van der Waals surface area contributed by atoms with Gasteiger partial charge in [0.1, 0.15) is 17.0 Å². The molecule has 2 aromatic heterocycles. The maximum absolute atomic E-state index is 13.4. The Morgan fingerprint density at radius 1 is 1.06 bits per heavy atom. The number of nitrogens with zero attached hydrogens (tertiary/aromatic N) is 3. The summed E-state index contributed by atoms with van der Waals surface area (Å²) in [4.78, 5) is 49.6. The summed E-state index contributed by atoms with van der Waals surface area (Å²) < 4.78 is 1.79. The van der Waals surface area contributed by atoms with E-state index in [4.69, 9.17) is 0 Å². The standard InChI is InChI=1S/C27H35N5O3/c1-17(2)14-31-15-20(24(33)21(16-31)27(35)32-11-7-5-6-8-12-32)26(34)28-19(4)25-29-22-10-9-18(3)13-23(22)30-25/h9-10,13,15-17,19H,5-8,11-12,14H2,1-4H3,(H,28,34)(H,29,30). The Balaban J connectivity index is 1.63. The summed E-state index contributed by atoms with van der Waals surface area (Å²) in [6.07, 6.45) is 7.20. The van der Waals surface area contributed by atoms with Crippen LogP contribution in [-0.2, 0) is 6.54 Å². The average Bonchev–Trinajstić information content (AvgIpc) is 3.04. The predicted octanol–water partition coefficient (Wildman–Crippen LogP) is 4.20. The van der Waals surface area contributed by atoms with Gasteiger partial charge in [-0.2, -0.15) is 0 Å². The number of hydrogen-bond acceptors (Lipinski definition) is 4. The first-order valence-electron chi connectivity index (χ1n) is 12.5. The first kappa shape index (κ1) is 24.7. The number of amides is 2. The molecule has 186 valence electrons. The molecule has 3 heterocycles. The van der Waals surface area contributed by atoms with E-state index in [-0.39, 0.29) is 23.0 Å². The van der Waals surface area contributed by atoms with Gasteiger partial charge in [0.05, 0.1) is 17.1 Å². The third kappa shape index (κ3) is 5.63. The molecule has 0 radical (unpaired) electrons. The van der Waals surface area contributed by atoms with Crippen LogP contribution in [0.1, 0.15) is 84.6 Å². The van der Waals surface area contributed by atoms with Crippen LogP contribution in [0.4, 0.5) is 0 Å². The second kappa shape index (κ2) is 10.5. The number of fused-ring (bicyclic) bond motifs is 1. The summed E-state index contributed by atoms with van der Waals surface area (Å²) in [5, 5.41) is 2.89. The smallest absolute Gasteiger partial charge is 0.259 e. The van der Waals surface area contributed by atoms with Gasteiger partial charge < -0.3 is 19.8 Å². The van der Waals surface area contributed by atoms with Gasteiger partial charge in [-0.1, -0.05) is 32.8 Å². The van der Waals surface area contributed by atoms with Crippen molar-refractivity contribution in [2.75, 3.05) is 13.1 Å². The fourth-order valence-electron chi connectivity index (χ4n) is 4.61. The molecule has 0 spiro atoms. The van der Waals surface area contributed by atoms with Crippen molar-refractivity contribution in [1.82, 2.24) is 24.8 Å². The number of aromatic nitrogens is 3. The molecule has 1 aliphatic heterocycles. The van der Waals surface area contributed by atoms with E-state index >= 15 is 0 Å². The molecular formula is C27H35N5O3. The fourth-order valence-corrected chi connectivity index (χ4v) is 4.61. The quantitative estimate of drug-likeness (QED) is 0.556. The molecule has 2 amide bonds. The van der Waals surface area contributed by atoms with Gasteiger partial charge in [0.25, 0.3) is 11.8 Å². The lowest BCUT2D eigenvalue weighted by Crippen LogP contribution is -2.39. The van der Waals surface area contributed by atoms with Gasteiger partial charge in [0.2, 0.25) is 5.43 Å². The van der Waals surface area contributed by atoms with Crippen molar-refractivity contribution in [2.24, 2.45) is 5.92 Å². The zero-order valence-electron chi connectivity index (χ0n) is 21.1. The van der Waals surface area contributed by atoms with Crippen LogP contribution in [0.2, 0.25) is 0 Å². The largest absolute Gasteiger partial charge is 0.352 e. The molecule has 1 aliphatic rings. The van der Waals surface area contributed by atoms with Gasteiger partial charge in [-0.3, -0.25) is 14.4 Å². The van der Waals surface area contributed by atoms with E-state index in [1.54, 1.807) is 21.9 Å². The molecule has 1 saturated heterocycles. The highest BCUT2D eigenvalue weighted by Gasteiger charge is 2.25. The highest BCUT2D eigenvalue weighted by Crippen LogP contribution is 2.18. The van der Waals surface area contributed by atoms with Crippen LogP contribution in [-0.4, -0.2) is 44.3 Å². The van der Waals surface area contributed by atoms with Crippen molar-refractivity contribution in [3.8, 4) is 0 Å². The van der Waals surface area contributed by atoms with Crippen molar-refractivity contribution in [1.29, 1.82) is 0 Å². The maximum atomic E-state index is 13.4. The van der Waals surface area contributed by atoms with Gasteiger partial charge in [-0.25, -0.2) is 4.98 Å². The number of benzene rings is 1. The predicted molar refractivity (Wildman–Crippen MR) is 137 cm³/mol. The summed E-state index contributed by atoms with van der Waals surface area (Å²) in [6.45, 7) is 9.82. The number of carbonyl (C=O) groups excluding carboxylic acids is 2. The van der Waals surface area contributed by atoms with E-state index < -0.39 is 17.4 Å². The van der Waals surface area contributed by atoms with Crippen molar-refractivity contribution in [2.45, 2.75) is 66.0 Å². The van der Waals surface area contributed by atoms with Crippen molar-refractivity contribution < 1.29 is 9.59 Å². The number of imidazole rings is 1. The Morgan fingerprint density at radius 2 is 1.74 bits per heavy atom. The number of pyridine rings is 1. The minimum atomic E-state index is -0.524. The van der Waals surface area contributed by atoms with Gasteiger partial charge >= 0.3 is 0 Å². The molecule has 35 heavy (non-hydrogen) atoms. The molecule has 1 atom stereocenters. The molecule has 0 aliphatic carbocycles. The Kier molecular flexibility index (Phi) is 7.38. The Labute approximate surface area is 205 Å². The van der Waals surface area contributed by atoms with Crippen molar-refractivity contribution in [3.05, 3.63) is 63.3 Å². The summed E-state index contributed by atoms with van der Waals surface area (Å²) in [5.41, 5.74) is 2.34. The molecule has 1 aromatic carbocycles. The number of carbonyl (C=O) groups is 2. The lowest BCUT2D eigenvalue weighted by molar-refractivity contribution is 0.0759. The summed E-state index contributed by atoms with van der Waals surface area (Å²) in [5.74, 6) is 0.0950. The molecule has 8 nitrogen and oxygen atoms in total. The molecular weight excluding hydrogens is 442 g/mol. The van der Waals surface area contributed by atoms with E-state index in [1.165, 1.54) is 0 Å². The molecule has 3 aromatic rings. The third-order valence-corrected chi connectivity index (χ3v) is 6.44. The highest BCUT2D eigenvalue weighted by molar-refractivity contribution is 5.99. The first-order chi connectivity index (χ1) is 16.7. The molecule has 2 N–H and O–H groups in total. The van der Waals surface area contributed by atoms with Gasteiger partial charge in [0, 0.05) is 32.0 Å². The summed E-state index contributed by atoms with van der Waals surface area (Å²) in [6, 6.07) is 5.48. The lowest BCUT2D eigenvalue weighted by atomic mass is 10.1. The number of rotatable bonds is 6. The molecule has 1 fully saturated rings. The fraction of sp³-hybridized carbons (Fsp3) is 0.481. The number of hydrogen-bond donors (Lipinski definition) is 2. The van der Waals surface area contributed by atoms with Crippen LogP contribution in [0.25, 0.3) is 11.0 Å². The van der Waals surface area contributed by atoms with Crippen LogP contribution in [0.5, 0.6) is 0 Å². The van der Waals surface area contributed by atoms with Gasteiger partial charge in [0.15, 0.2) is 0 Å². The number of aromatic amines is 1. The molecule has 4 rings (SSSR count). The minimum Gasteiger partial charge on any atom is -0.352 e. The number of likely N-dealkylation sites (tertiary alicyclic amines) is 1. The molecule has 0 bridgehead atoms. The van der Waals surface area contributed by atoms with E-state index in [0.29, 0.717) is 25.5 Å². The Bertz CT molecular complexity index is 1280. The van der Waals surface area contributed by atoms with Crippen LogP contribution < -0.4 is 10.7 Å². The average molecular weight is 478 g/mol. The van der Waals surface area contributed by atoms with Crippen molar-refractivity contribution in [3.63, 3.8) is 0 Å². The number of H-pyrrole nitrogens is 1. The third-order valence-electron chi connectivity index (χ3n) is 6.44. The highest BCUT2D eigenvalue weighted by atomic mass is 16.2. The van der Waals surface area contributed by atoms with E-state index in [2.05, 4.69) is 29.1 Å².